The summed E-state index contributed by atoms with van der Waals surface area (Å²) in [5.74, 6) is -1.73. The van der Waals surface area contributed by atoms with Gasteiger partial charge in [0.25, 0.3) is 0 Å². The van der Waals surface area contributed by atoms with Crippen molar-refractivity contribution in [2.45, 2.75) is 18.0 Å². The first-order valence-electron chi connectivity index (χ1n) is 5.86. The maximum absolute atomic E-state index is 14.0. The second kappa shape index (κ2) is 5.84. The topological polar surface area (TPSA) is 103 Å². The monoisotopic (exact) mass is 317 g/mol. The van der Waals surface area contributed by atoms with Crippen LogP contribution in [0, 0.1) is 11.6 Å². The number of aryl methyl sites for hydroxylation is 1. The minimum absolute atomic E-state index is 0.173. The summed E-state index contributed by atoms with van der Waals surface area (Å²) in [5.41, 5.74) is 4.74. The van der Waals surface area contributed by atoms with Crippen molar-refractivity contribution in [2.75, 3.05) is 0 Å². The SMILES string of the molecule is Cn1cnnc1CNS(=O)(=O)c1ccc(F)c(CN)c1F. The quantitative estimate of drug-likeness (QED) is 0.810. The van der Waals surface area contributed by atoms with Crippen molar-refractivity contribution in [3.63, 3.8) is 0 Å². The van der Waals surface area contributed by atoms with E-state index in [0.29, 0.717) is 5.82 Å². The third-order valence-corrected chi connectivity index (χ3v) is 4.29. The van der Waals surface area contributed by atoms with Crippen LogP contribution < -0.4 is 10.5 Å². The van der Waals surface area contributed by atoms with Gasteiger partial charge in [-0.25, -0.2) is 21.9 Å². The zero-order chi connectivity index (χ0) is 15.6. The Kier molecular flexibility index (Phi) is 4.30. The number of halogens is 2. The number of nitrogens with one attached hydrogen (secondary N) is 1. The van der Waals surface area contributed by atoms with E-state index in [-0.39, 0.29) is 6.54 Å². The Bertz CT molecular complexity index is 760. The fourth-order valence-corrected chi connectivity index (χ4v) is 2.76. The summed E-state index contributed by atoms with van der Waals surface area (Å²) >= 11 is 0. The van der Waals surface area contributed by atoms with Crippen molar-refractivity contribution in [1.29, 1.82) is 0 Å². The molecular weight excluding hydrogens is 304 g/mol. The van der Waals surface area contributed by atoms with Gasteiger partial charge in [-0.15, -0.1) is 10.2 Å². The molecular formula is C11H13F2N5O2S. The molecule has 0 bridgehead atoms. The fourth-order valence-electron chi connectivity index (χ4n) is 1.68. The van der Waals surface area contributed by atoms with Crippen molar-refractivity contribution >= 4 is 10.0 Å². The Labute approximate surface area is 119 Å². The summed E-state index contributed by atoms with van der Waals surface area (Å²) in [6.45, 7) is -0.613. The van der Waals surface area contributed by atoms with Gasteiger partial charge in [0, 0.05) is 19.2 Å². The van der Waals surface area contributed by atoms with Gasteiger partial charge in [0.1, 0.15) is 22.9 Å². The molecule has 10 heteroatoms. The number of sulfonamides is 1. The number of benzene rings is 1. The Morgan fingerprint density at radius 1 is 1.38 bits per heavy atom. The molecule has 0 unspecified atom stereocenters. The van der Waals surface area contributed by atoms with E-state index in [0.717, 1.165) is 12.1 Å². The number of nitrogens with two attached hydrogens (primary N) is 1. The molecule has 2 rings (SSSR count). The fraction of sp³-hybridized carbons (Fsp3) is 0.273. The molecule has 0 saturated carbocycles. The van der Waals surface area contributed by atoms with Crippen LogP contribution in [0.5, 0.6) is 0 Å². The van der Waals surface area contributed by atoms with Crippen LogP contribution in [0.1, 0.15) is 11.4 Å². The summed E-state index contributed by atoms with van der Waals surface area (Å²) in [6.07, 6.45) is 1.40. The highest BCUT2D eigenvalue weighted by molar-refractivity contribution is 7.89. The molecule has 3 N–H and O–H groups in total. The normalized spacial score (nSPS) is 11.8. The largest absolute Gasteiger partial charge is 0.326 e. The van der Waals surface area contributed by atoms with Crippen LogP contribution in [-0.2, 0) is 30.2 Å². The minimum atomic E-state index is -4.16. The van der Waals surface area contributed by atoms with Crippen molar-refractivity contribution in [3.8, 4) is 0 Å². The van der Waals surface area contributed by atoms with Gasteiger partial charge in [-0.2, -0.15) is 0 Å². The molecule has 0 radical (unpaired) electrons. The van der Waals surface area contributed by atoms with Crippen molar-refractivity contribution in [1.82, 2.24) is 19.5 Å². The second-order valence-electron chi connectivity index (χ2n) is 4.22. The lowest BCUT2D eigenvalue weighted by molar-refractivity contribution is 0.524. The lowest BCUT2D eigenvalue weighted by Gasteiger charge is -2.10. The van der Waals surface area contributed by atoms with E-state index in [1.54, 1.807) is 7.05 Å². The molecule has 0 atom stereocenters. The predicted octanol–water partition coefficient (Wildman–Crippen LogP) is 0.0305. The first kappa shape index (κ1) is 15.5. The standard InChI is InChI=1S/C11H13F2N5O2S/c1-18-6-15-17-10(18)5-16-21(19,20)9-3-2-8(12)7(4-14)11(9)13/h2-3,6,16H,4-5,14H2,1H3. The van der Waals surface area contributed by atoms with Gasteiger partial charge < -0.3 is 10.3 Å². The van der Waals surface area contributed by atoms with Gasteiger partial charge in [0.2, 0.25) is 10.0 Å². The number of hydrogen-bond donors (Lipinski definition) is 2. The molecule has 0 aliphatic rings. The Morgan fingerprint density at radius 3 is 2.67 bits per heavy atom. The van der Waals surface area contributed by atoms with Crippen LogP contribution in [0.2, 0.25) is 0 Å². The smallest absolute Gasteiger partial charge is 0.243 e. The summed E-state index contributed by atoms with van der Waals surface area (Å²) < 4.78 is 55.1. The van der Waals surface area contributed by atoms with Crippen LogP contribution in [-0.4, -0.2) is 23.2 Å². The van der Waals surface area contributed by atoms with Crippen LogP contribution >= 0.6 is 0 Å². The lowest BCUT2D eigenvalue weighted by atomic mass is 10.2. The van der Waals surface area contributed by atoms with Crippen LogP contribution in [0.4, 0.5) is 8.78 Å². The molecule has 21 heavy (non-hydrogen) atoms. The van der Waals surface area contributed by atoms with Gasteiger partial charge >= 0.3 is 0 Å². The van der Waals surface area contributed by atoms with Gasteiger partial charge in [0.05, 0.1) is 6.54 Å². The maximum Gasteiger partial charge on any atom is 0.243 e. The van der Waals surface area contributed by atoms with E-state index in [1.807, 2.05) is 0 Å². The first-order chi connectivity index (χ1) is 9.86. The minimum Gasteiger partial charge on any atom is -0.326 e. The molecule has 7 nitrogen and oxygen atoms in total. The maximum atomic E-state index is 14.0. The third-order valence-electron chi connectivity index (χ3n) is 2.87. The van der Waals surface area contributed by atoms with Crippen molar-refractivity contribution in [2.24, 2.45) is 12.8 Å². The van der Waals surface area contributed by atoms with E-state index in [1.165, 1.54) is 10.9 Å². The summed E-state index contributed by atoms with van der Waals surface area (Å²) in [5, 5.41) is 7.28. The van der Waals surface area contributed by atoms with Crippen molar-refractivity contribution < 1.29 is 17.2 Å². The number of aromatic nitrogens is 3. The summed E-state index contributed by atoms with van der Waals surface area (Å²) in [6, 6.07) is 1.71. The van der Waals surface area contributed by atoms with E-state index < -0.39 is 38.7 Å². The summed E-state index contributed by atoms with van der Waals surface area (Å²) in [7, 11) is -2.53. The zero-order valence-corrected chi connectivity index (χ0v) is 11.9. The first-order valence-corrected chi connectivity index (χ1v) is 7.34. The zero-order valence-electron chi connectivity index (χ0n) is 11.0. The van der Waals surface area contributed by atoms with E-state index in [9.17, 15) is 17.2 Å². The molecule has 1 aromatic heterocycles. The van der Waals surface area contributed by atoms with Gasteiger partial charge in [-0.1, -0.05) is 0 Å². The molecule has 0 aliphatic carbocycles. The van der Waals surface area contributed by atoms with Crippen LogP contribution in [0.15, 0.2) is 23.4 Å². The highest BCUT2D eigenvalue weighted by atomic mass is 32.2. The second-order valence-corrected chi connectivity index (χ2v) is 5.96. The van der Waals surface area contributed by atoms with Crippen LogP contribution in [0.3, 0.4) is 0 Å². The number of hydrogen-bond acceptors (Lipinski definition) is 5. The Balaban J connectivity index is 2.30. The highest BCUT2D eigenvalue weighted by Gasteiger charge is 2.23. The van der Waals surface area contributed by atoms with Crippen molar-refractivity contribution in [3.05, 3.63) is 41.5 Å². The average Bonchev–Trinajstić information content (AvgIpc) is 2.82. The van der Waals surface area contributed by atoms with E-state index >= 15 is 0 Å². The molecule has 0 fully saturated rings. The predicted molar refractivity (Wildman–Crippen MR) is 69.3 cm³/mol. The average molecular weight is 317 g/mol. The van der Waals surface area contributed by atoms with Crippen LogP contribution in [0.25, 0.3) is 0 Å². The summed E-state index contributed by atoms with van der Waals surface area (Å²) in [4.78, 5) is -0.661. The molecule has 1 aromatic carbocycles. The van der Waals surface area contributed by atoms with Gasteiger partial charge in [-0.3, -0.25) is 0 Å². The van der Waals surface area contributed by atoms with Gasteiger partial charge in [-0.05, 0) is 12.1 Å². The molecule has 1 heterocycles. The Hall–Kier alpha value is -1.91. The molecule has 0 aliphatic heterocycles. The van der Waals surface area contributed by atoms with E-state index in [4.69, 9.17) is 5.73 Å². The Morgan fingerprint density at radius 2 is 2.10 bits per heavy atom. The number of nitrogens with zero attached hydrogens (tertiary/aromatic N) is 3. The molecule has 114 valence electrons. The van der Waals surface area contributed by atoms with Gasteiger partial charge in [0.15, 0.2) is 5.82 Å². The lowest BCUT2D eigenvalue weighted by Crippen LogP contribution is -2.26. The number of rotatable bonds is 5. The third kappa shape index (κ3) is 3.06. The molecule has 0 saturated heterocycles. The van der Waals surface area contributed by atoms with E-state index in [2.05, 4.69) is 14.9 Å². The molecule has 0 spiro atoms. The highest BCUT2D eigenvalue weighted by Crippen LogP contribution is 2.20. The molecule has 2 aromatic rings. The molecule has 0 amide bonds.